The first kappa shape index (κ1) is 11.0. The Morgan fingerprint density at radius 3 is 2.60 bits per heavy atom. The third-order valence-corrected chi connectivity index (χ3v) is 4.45. The Labute approximate surface area is 75.9 Å². The zero-order valence-corrected chi connectivity index (χ0v) is 10.1. The highest BCUT2D eigenvalue weighted by atomic mass is 27.3. The van der Waals surface area contributed by atoms with Gasteiger partial charge in [-0.25, -0.2) is 0 Å². The minimum Gasteiger partial charge on any atom is -0.617 e. The van der Waals surface area contributed by atoms with Gasteiger partial charge in [0.05, 0.1) is 0 Å². The number of unbranched alkanes of at least 4 members (excludes halogenated alkanes) is 3. The van der Waals surface area contributed by atoms with Gasteiger partial charge >= 0.3 is 31.6 Å². The smallest absolute Gasteiger partial charge is 0.617 e. The third kappa shape index (κ3) is 7.07. The molecule has 58 valence electrons. The Bertz CT molecular complexity index is 72.8. The van der Waals surface area contributed by atoms with Crippen LogP contribution in [-0.2, 0) is 2.84 Å². The second-order valence-electron chi connectivity index (χ2n) is 2.50. The summed E-state index contributed by atoms with van der Waals surface area (Å²) >= 11 is -1.58. The Morgan fingerprint density at radius 1 is 1.40 bits per heavy atom. The maximum Gasteiger partial charge on any atom is 0.685 e. The number of hydrogen-bond acceptors (Lipinski definition) is 1. The summed E-state index contributed by atoms with van der Waals surface area (Å²) in [6.45, 7) is 2.16. The molecule has 0 bridgehead atoms. The molecular weight excluding hydrogens is 161 g/mol. The summed E-state index contributed by atoms with van der Waals surface area (Å²) in [5, 5.41) is 0.726. The van der Waals surface area contributed by atoms with E-state index in [4.69, 9.17) is 2.84 Å². The first-order valence-electron chi connectivity index (χ1n) is 3.98. The third-order valence-electron chi connectivity index (χ3n) is 1.54. The van der Waals surface area contributed by atoms with Gasteiger partial charge in [-0.1, -0.05) is 32.6 Å². The van der Waals surface area contributed by atoms with E-state index in [0.29, 0.717) is 16.6 Å². The minimum atomic E-state index is -2.16. The topological polar surface area (TPSA) is 9.23 Å². The molecule has 0 saturated carbocycles. The van der Waals surface area contributed by atoms with E-state index in [1.807, 2.05) is 0 Å². The van der Waals surface area contributed by atoms with Crippen molar-refractivity contribution in [3.05, 3.63) is 0 Å². The molecule has 0 rings (SSSR count). The first-order valence-corrected chi connectivity index (χ1v) is 6.52. The molecule has 0 aliphatic carbocycles. The van der Waals surface area contributed by atoms with Crippen LogP contribution in [0.2, 0.25) is 5.28 Å². The molecule has 0 aliphatic rings. The average Bonchev–Trinajstić information content (AvgIpc) is 1.98. The summed E-state index contributed by atoms with van der Waals surface area (Å²) in [4.78, 5) is 0. The molecule has 0 amide bonds. The number of rotatable bonds is 6. The van der Waals surface area contributed by atoms with Crippen molar-refractivity contribution in [3.63, 3.8) is 0 Å². The van der Waals surface area contributed by atoms with Crippen LogP contribution in [0.5, 0.6) is 0 Å². The lowest BCUT2D eigenvalue weighted by Crippen LogP contribution is -2.08. The SMILES string of the molecule is CCCCC[CH2][Al]([F])[O][AlH2]. The van der Waals surface area contributed by atoms with Gasteiger partial charge in [0.25, 0.3) is 0 Å². The highest BCUT2D eigenvalue weighted by molar-refractivity contribution is 6.48. The van der Waals surface area contributed by atoms with Crippen LogP contribution in [0, 0.1) is 0 Å². The van der Waals surface area contributed by atoms with E-state index in [1.165, 1.54) is 19.3 Å². The van der Waals surface area contributed by atoms with E-state index in [-0.39, 0.29) is 0 Å². The van der Waals surface area contributed by atoms with E-state index in [2.05, 4.69) is 6.92 Å². The van der Waals surface area contributed by atoms with Crippen LogP contribution in [0.1, 0.15) is 32.6 Å². The van der Waals surface area contributed by atoms with Gasteiger partial charge in [0.1, 0.15) is 0 Å². The van der Waals surface area contributed by atoms with Crippen molar-refractivity contribution < 1.29 is 6.36 Å². The lowest BCUT2D eigenvalue weighted by molar-refractivity contribution is 0.528. The molecule has 0 spiro atoms. The lowest BCUT2D eigenvalue weighted by Gasteiger charge is -1.99. The van der Waals surface area contributed by atoms with Crippen molar-refractivity contribution in [2.45, 2.75) is 37.9 Å². The maximum atomic E-state index is 12.5. The first-order chi connectivity index (χ1) is 4.81. The summed E-state index contributed by atoms with van der Waals surface area (Å²) in [5.74, 6) is 0. The van der Waals surface area contributed by atoms with Crippen LogP contribution >= 0.6 is 0 Å². The van der Waals surface area contributed by atoms with Crippen LogP contribution in [0.25, 0.3) is 0 Å². The fourth-order valence-electron chi connectivity index (χ4n) is 0.849. The van der Waals surface area contributed by atoms with Gasteiger partial charge in [-0.15, -0.1) is 0 Å². The molecular formula is C6H15Al2FO. The van der Waals surface area contributed by atoms with E-state index >= 15 is 0 Å². The van der Waals surface area contributed by atoms with Crippen LogP contribution in [0.3, 0.4) is 0 Å². The zero-order valence-electron chi connectivity index (χ0n) is 6.90. The van der Waals surface area contributed by atoms with Crippen molar-refractivity contribution in [2.24, 2.45) is 0 Å². The summed E-state index contributed by atoms with van der Waals surface area (Å²) in [6, 6.07) is 0. The maximum absolute atomic E-state index is 12.5. The van der Waals surface area contributed by atoms with Gasteiger partial charge in [-0.3, -0.25) is 0 Å². The van der Waals surface area contributed by atoms with Crippen molar-refractivity contribution in [3.8, 4) is 0 Å². The van der Waals surface area contributed by atoms with Gasteiger partial charge in [-0.2, -0.15) is 0 Å². The summed E-state index contributed by atoms with van der Waals surface area (Å²) < 4.78 is 17.3. The molecule has 0 fully saturated rings. The van der Waals surface area contributed by atoms with Crippen LogP contribution < -0.4 is 0 Å². The van der Waals surface area contributed by atoms with E-state index in [1.54, 1.807) is 0 Å². The lowest BCUT2D eigenvalue weighted by atomic mass is 10.2. The van der Waals surface area contributed by atoms with E-state index < -0.39 is 14.9 Å². The number of hydrogen-bond donors (Lipinski definition) is 0. The van der Waals surface area contributed by atoms with Gasteiger partial charge in [0.2, 0.25) is 0 Å². The molecule has 0 unspecified atom stereocenters. The highest BCUT2D eigenvalue weighted by Gasteiger charge is 2.17. The molecule has 0 aliphatic heterocycles. The van der Waals surface area contributed by atoms with Crippen molar-refractivity contribution >= 4 is 31.6 Å². The van der Waals surface area contributed by atoms with E-state index in [0.717, 1.165) is 11.7 Å². The molecule has 0 aromatic heterocycles. The molecule has 0 saturated heterocycles. The van der Waals surface area contributed by atoms with Gasteiger partial charge in [-0.05, 0) is 5.28 Å². The predicted molar refractivity (Wildman–Crippen MR) is 45.4 cm³/mol. The fraction of sp³-hybridized carbons (Fsp3) is 1.00. The fourth-order valence-corrected chi connectivity index (χ4v) is 2.40. The van der Waals surface area contributed by atoms with Crippen LogP contribution in [0.4, 0.5) is 3.52 Å². The molecule has 1 nitrogen and oxygen atoms in total. The van der Waals surface area contributed by atoms with Crippen molar-refractivity contribution in [1.29, 1.82) is 0 Å². The molecule has 0 atom stereocenters. The largest absolute Gasteiger partial charge is 0.685 e. The number of halogens is 1. The molecule has 4 heteroatoms. The van der Waals surface area contributed by atoms with Crippen LogP contribution in [0.15, 0.2) is 0 Å². The molecule has 0 radical (unpaired) electrons. The van der Waals surface area contributed by atoms with Crippen LogP contribution in [-0.4, -0.2) is 31.6 Å². The second kappa shape index (κ2) is 8.06. The predicted octanol–water partition coefficient (Wildman–Crippen LogP) is 1.59. The molecule has 10 heavy (non-hydrogen) atoms. The molecule has 0 aromatic rings. The Hall–Kier alpha value is 0.955. The van der Waals surface area contributed by atoms with Gasteiger partial charge < -0.3 is 6.36 Å². The summed E-state index contributed by atoms with van der Waals surface area (Å²) in [7, 11) is 0. The minimum absolute atomic E-state index is 0.579. The summed E-state index contributed by atoms with van der Waals surface area (Å²) in [5.41, 5.74) is 0. The van der Waals surface area contributed by atoms with Crippen molar-refractivity contribution in [1.82, 2.24) is 0 Å². The summed E-state index contributed by atoms with van der Waals surface area (Å²) in [6.07, 6.45) is 4.67. The molecule has 0 aromatic carbocycles. The Morgan fingerprint density at radius 2 is 2.10 bits per heavy atom. The Kier molecular flexibility index (Phi) is 8.82. The van der Waals surface area contributed by atoms with Gasteiger partial charge in [0.15, 0.2) is 0 Å². The van der Waals surface area contributed by atoms with E-state index in [9.17, 15) is 3.52 Å². The Balaban J connectivity index is 2.89. The van der Waals surface area contributed by atoms with Gasteiger partial charge in [0, 0.05) is 0 Å². The quantitative estimate of drug-likeness (QED) is 0.441. The molecule has 0 N–H and O–H groups in total. The zero-order chi connectivity index (χ0) is 7.82. The monoisotopic (exact) mass is 176 g/mol. The van der Waals surface area contributed by atoms with Crippen molar-refractivity contribution in [2.75, 3.05) is 0 Å². The normalized spacial score (nSPS) is 9.80. The molecule has 0 heterocycles. The average molecular weight is 176 g/mol. The second-order valence-corrected chi connectivity index (χ2v) is 5.78. The standard InChI is InChI=1S/C6H13.2Al.FH.O.2H/c1-3-5-6-4-2;;;;;;/h1,3-6H2,2H3;;;1H;;;/q;;+1;;;;/p-1. The highest BCUT2D eigenvalue weighted by Crippen LogP contribution is 2.06.